The van der Waals surface area contributed by atoms with Gasteiger partial charge in [0.2, 0.25) is 5.91 Å². The zero-order valence-electron chi connectivity index (χ0n) is 15.3. The summed E-state index contributed by atoms with van der Waals surface area (Å²) in [5, 5.41) is 14.7. The van der Waals surface area contributed by atoms with E-state index in [1.54, 1.807) is 12.1 Å². The van der Waals surface area contributed by atoms with Gasteiger partial charge in [0.15, 0.2) is 6.10 Å². The van der Waals surface area contributed by atoms with Crippen LogP contribution < -0.4 is 10.6 Å². The van der Waals surface area contributed by atoms with Gasteiger partial charge >= 0.3 is 5.97 Å². The summed E-state index contributed by atoms with van der Waals surface area (Å²) in [5.41, 5.74) is -0.115. The van der Waals surface area contributed by atoms with Crippen molar-refractivity contribution in [1.29, 1.82) is 5.26 Å². The quantitative estimate of drug-likeness (QED) is 0.592. The minimum absolute atomic E-state index is 0.249. The number of anilines is 1. The number of nitriles is 1. The molecule has 0 aromatic heterocycles. The second-order valence-electron chi connectivity index (χ2n) is 6.56. The molecule has 1 aliphatic rings. The van der Waals surface area contributed by atoms with Gasteiger partial charge in [0, 0.05) is 5.69 Å². The minimum Gasteiger partial charge on any atom is -0.449 e. The van der Waals surface area contributed by atoms with E-state index in [0.717, 1.165) is 25.3 Å². The molecule has 0 heterocycles. The normalized spacial score (nSPS) is 16.3. The van der Waals surface area contributed by atoms with Crippen molar-refractivity contribution >= 4 is 23.5 Å². The number of nitrogens with zero attached hydrogens (tertiary/aromatic N) is 1. The number of rotatable bonds is 6. The molecule has 0 bridgehead atoms. The number of amides is 2. The van der Waals surface area contributed by atoms with Crippen molar-refractivity contribution in [3.63, 3.8) is 0 Å². The van der Waals surface area contributed by atoms with E-state index in [2.05, 4.69) is 23.3 Å². The summed E-state index contributed by atoms with van der Waals surface area (Å²) in [6.07, 6.45) is 4.15. The van der Waals surface area contributed by atoms with E-state index in [9.17, 15) is 19.6 Å². The topological polar surface area (TPSA) is 108 Å². The lowest BCUT2D eigenvalue weighted by molar-refractivity contribution is -0.130. The Balaban J connectivity index is 1.94. The van der Waals surface area contributed by atoms with Crippen LogP contribution in [0, 0.1) is 11.3 Å². The van der Waals surface area contributed by atoms with E-state index in [1.807, 2.05) is 0 Å². The Kier molecular flexibility index (Phi) is 6.72. The Labute approximate surface area is 158 Å². The Bertz CT molecular complexity index is 758. The number of esters is 1. The van der Waals surface area contributed by atoms with Crippen molar-refractivity contribution in [2.75, 3.05) is 5.32 Å². The lowest BCUT2D eigenvalue weighted by Gasteiger charge is -2.32. The second-order valence-corrected chi connectivity index (χ2v) is 6.56. The molecule has 7 heteroatoms. The van der Waals surface area contributed by atoms with Gasteiger partial charge in [-0.3, -0.25) is 9.59 Å². The van der Waals surface area contributed by atoms with E-state index in [-0.39, 0.29) is 11.5 Å². The van der Waals surface area contributed by atoms with Gasteiger partial charge in [0.05, 0.1) is 11.6 Å². The molecule has 2 amide bonds. The summed E-state index contributed by atoms with van der Waals surface area (Å²) in [6, 6.07) is 8.28. The highest BCUT2D eigenvalue weighted by Gasteiger charge is 2.35. The number of carbonyl (C=O) groups is 3. The molecule has 0 aliphatic heterocycles. The third kappa shape index (κ3) is 5.42. The first-order valence-corrected chi connectivity index (χ1v) is 8.87. The van der Waals surface area contributed by atoms with Crippen molar-refractivity contribution in [2.45, 2.75) is 50.7 Å². The van der Waals surface area contributed by atoms with E-state index < -0.39 is 23.5 Å². The fourth-order valence-corrected chi connectivity index (χ4v) is 2.92. The summed E-state index contributed by atoms with van der Waals surface area (Å²) in [4.78, 5) is 35.8. The average molecular weight is 369 g/mol. The van der Waals surface area contributed by atoms with Gasteiger partial charge in [-0.25, -0.2) is 4.79 Å². The predicted molar refractivity (Wildman–Crippen MR) is 99.7 cm³/mol. The van der Waals surface area contributed by atoms with Crippen LogP contribution in [0.3, 0.4) is 0 Å². The molecule has 1 unspecified atom stereocenters. The van der Waals surface area contributed by atoms with Gasteiger partial charge in [0.25, 0.3) is 5.91 Å². The van der Waals surface area contributed by atoms with Crippen LogP contribution in [0.5, 0.6) is 0 Å². The Hall–Kier alpha value is -3.14. The number of hydrogen-bond acceptors (Lipinski definition) is 5. The van der Waals surface area contributed by atoms with E-state index in [0.29, 0.717) is 18.5 Å². The monoisotopic (exact) mass is 369 g/mol. The molecule has 1 atom stereocenters. The molecule has 7 nitrogen and oxygen atoms in total. The van der Waals surface area contributed by atoms with Crippen LogP contribution in [0.25, 0.3) is 0 Å². The molecule has 1 aliphatic carbocycles. The smallest absolute Gasteiger partial charge is 0.338 e. The Morgan fingerprint density at radius 3 is 2.41 bits per heavy atom. The SMILES string of the molecule is C=CC(=O)Nc1ccc(C(=O)OC(C)C(=O)NC2(C#N)CCCCC2)cc1. The third-order valence-corrected chi connectivity index (χ3v) is 4.51. The van der Waals surface area contributed by atoms with E-state index in [1.165, 1.54) is 19.1 Å². The first-order chi connectivity index (χ1) is 12.9. The van der Waals surface area contributed by atoms with Gasteiger partial charge in [-0.1, -0.05) is 25.8 Å². The van der Waals surface area contributed by atoms with E-state index >= 15 is 0 Å². The maximum Gasteiger partial charge on any atom is 0.338 e. The molecule has 2 rings (SSSR count). The molecule has 0 saturated heterocycles. The van der Waals surface area contributed by atoms with Crippen molar-refractivity contribution in [2.24, 2.45) is 0 Å². The standard InChI is InChI=1S/C20H23N3O4/c1-3-17(24)22-16-9-7-15(8-10-16)19(26)27-14(2)18(25)23-20(13-21)11-5-4-6-12-20/h3,7-10,14H,1,4-6,11-12H2,2H3,(H,22,24)(H,23,25). The molecular weight excluding hydrogens is 346 g/mol. The molecule has 1 aromatic rings. The van der Waals surface area contributed by atoms with Crippen molar-refractivity contribution in [1.82, 2.24) is 5.32 Å². The maximum absolute atomic E-state index is 12.4. The van der Waals surface area contributed by atoms with Crippen LogP contribution in [0.1, 0.15) is 49.4 Å². The lowest BCUT2D eigenvalue weighted by Crippen LogP contribution is -2.52. The van der Waals surface area contributed by atoms with Gasteiger partial charge in [-0.2, -0.15) is 5.26 Å². The zero-order valence-corrected chi connectivity index (χ0v) is 15.3. The highest BCUT2D eigenvalue weighted by Crippen LogP contribution is 2.27. The van der Waals surface area contributed by atoms with Crippen LogP contribution >= 0.6 is 0 Å². The van der Waals surface area contributed by atoms with Crippen molar-refractivity contribution in [3.05, 3.63) is 42.5 Å². The summed E-state index contributed by atoms with van der Waals surface area (Å²) >= 11 is 0. The van der Waals surface area contributed by atoms with Gasteiger partial charge in [-0.05, 0) is 50.1 Å². The third-order valence-electron chi connectivity index (χ3n) is 4.51. The molecule has 1 fully saturated rings. The first kappa shape index (κ1) is 20.2. The minimum atomic E-state index is -1.02. The number of benzene rings is 1. The highest BCUT2D eigenvalue weighted by molar-refractivity contribution is 5.99. The fourth-order valence-electron chi connectivity index (χ4n) is 2.92. The van der Waals surface area contributed by atoms with Gasteiger partial charge in [-0.15, -0.1) is 0 Å². The number of nitrogens with one attached hydrogen (secondary N) is 2. The van der Waals surface area contributed by atoms with Crippen LogP contribution in [0.15, 0.2) is 36.9 Å². The highest BCUT2D eigenvalue weighted by atomic mass is 16.5. The zero-order chi connectivity index (χ0) is 19.9. The van der Waals surface area contributed by atoms with Crippen molar-refractivity contribution in [3.8, 4) is 6.07 Å². The summed E-state index contributed by atoms with van der Waals surface area (Å²) in [7, 11) is 0. The average Bonchev–Trinajstić information content (AvgIpc) is 2.68. The van der Waals surface area contributed by atoms with Crippen molar-refractivity contribution < 1.29 is 19.1 Å². The van der Waals surface area contributed by atoms with Gasteiger partial charge < -0.3 is 15.4 Å². The summed E-state index contributed by atoms with van der Waals surface area (Å²) in [5.74, 6) is -1.50. The lowest BCUT2D eigenvalue weighted by atomic mass is 9.83. The number of ether oxygens (including phenoxy) is 1. The van der Waals surface area contributed by atoms with Crippen LogP contribution in [0.2, 0.25) is 0 Å². The molecule has 1 aromatic carbocycles. The van der Waals surface area contributed by atoms with E-state index in [4.69, 9.17) is 4.74 Å². The molecule has 0 spiro atoms. The van der Waals surface area contributed by atoms with Crippen LogP contribution in [-0.4, -0.2) is 29.4 Å². The molecule has 142 valence electrons. The fraction of sp³-hybridized carbons (Fsp3) is 0.400. The van der Waals surface area contributed by atoms with Gasteiger partial charge in [0.1, 0.15) is 5.54 Å². The summed E-state index contributed by atoms with van der Waals surface area (Å²) < 4.78 is 5.21. The molecule has 27 heavy (non-hydrogen) atoms. The Morgan fingerprint density at radius 2 is 1.85 bits per heavy atom. The number of carbonyl (C=O) groups excluding carboxylic acids is 3. The van der Waals surface area contributed by atoms with Crippen LogP contribution in [0.4, 0.5) is 5.69 Å². The molecular formula is C20H23N3O4. The Morgan fingerprint density at radius 1 is 1.22 bits per heavy atom. The number of hydrogen-bond donors (Lipinski definition) is 2. The summed E-state index contributed by atoms with van der Waals surface area (Å²) in [6.45, 7) is 4.83. The first-order valence-electron chi connectivity index (χ1n) is 8.87. The largest absolute Gasteiger partial charge is 0.449 e. The second kappa shape index (κ2) is 8.99. The van der Waals surface area contributed by atoms with Crippen LogP contribution in [-0.2, 0) is 14.3 Å². The maximum atomic E-state index is 12.4. The molecule has 2 N–H and O–H groups in total. The molecule has 1 saturated carbocycles. The molecule has 0 radical (unpaired) electrons. The predicted octanol–water partition coefficient (Wildman–Crippen LogP) is 2.70.